The highest BCUT2D eigenvalue weighted by molar-refractivity contribution is 5.95. The summed E-state index contributed by atoms with van der Waals surface area (Å²) in [4.78, 5) is 25.6. The van der Waals surface area contributed by atoms with Crippen molar-refractivity contribution in [2.75, 3.05) is 5.32 Å². The molecule has 0 saturated heterocycles. The van der Waals surface area contributed by atoms with Gasteiger partial charge in [0.15, 0.2) is 0 Å². The summed E-state index contributed by atoms with van der Waals surface area (Å²) in [6, 6.07) is 13.5. The lowest BCUT2D eigenvalue weighted by molar-refractivity contribution is -0.383. The van der Waals surface area contributed by atoms with Gasteiger partial charge in [0.1, 0.15) is 17.2 Å². The Morgan fingerprint density at radius 3 is 2.61 bits per heavy atom. The molecule has 0 atom stereocenters. The van der Waals surface area contributed by atoms with Gasteiger partial charge < -0.3 is 9.84 Å². The smallest absolute Gasteiger partial charge is 0.410 e. The highest BCUT2D eigenvalue weighted by Crippen LogP contribution is 2.35. The first-order valence-electron chi connectivity index (χ1n) is 8.55. The van der Waals surface area contributed by atoms with Crippen molar-refractivity contribution in [3.63, 3.8) is 0 Å². The van der Waals surface area contributed by atoms with Gasteiger partial charge >= 0.3 is 6.09 Å². The number of benzene rings is 2. The van der Waals surface area contributed by atoms with Crippen LogP contribution in [-0.4, -0.2) is 26.7 Å². The van der Waals surface area contributed by atoms with Crippen molar-refractivity contribution in [3.8, 4) is 5.75 Å². The molecule has 1 heterocycles. The van der Waals surface area contributed by atoms with E-state index in [1.165, 1.54) is 12.3 Å². The third kappa shape index (κ3) is 4.35. The van der Waals surface area contributed by atoms with Crippen LogP contribution in [0.4, 0.5) is 16.3 Å². The second-order valence-electron chi connectivity index (χ2n) is 6.90. The average Bonchev–Trinajstić information content (AvgIpc) is 2.60. The highest BCUT2D eigenvalue weighted by Gasteiger charge is 2.23. The number of non-ortho nitro benzene ring substituents is 1. The fourth-order valence-electron chi connectivity index (χ4n) is 3.09. The first kappa shape index (κ1) is 19.1. The predicted octanol–water partition coefficient (Wildman–Crippen LogP) is 4.63. The summed E-state index contributed by atoms with van der Waals surface area (Å²) >= 11 is 0. The van der Waals surface area contributed by atoms with Gasteiger partial charge in [0, 0.05) is 24.1 Å². The maximum Gasteiger partial charge on any atom is 0.410 e. The van der Waals surface area contributed by atoms with Crippen LogP contribution < -0.4 is 10.1 Å². The predicted molar refractivity (Wildman–Crippen MR) is 105 cm³/mol. The summed E-state index contributed by atoms with van der Waals surface area (Å²) in [5, 5.41) is 23.5. The Hall–Kier alpha value is -3.68. The first-order valence-corrected chi connectivity index (χ1v) is 8.55. The van der Waals surface area contributed by atoms with Crippen LogP contribution in [0.2, 0.25) is 0 Å². The van der Waals surface area contributed by atoms with Crippen LogP contribution in [-0.2, 0) is 6.42 Å². The SMILES string of the molecule is CC(C)(Cc1ccnc(NC(=O)O)c1)Oc1ccc([N+](=O)[O-])c2ccccc12. The van der Waals surface area contributed by atoms with Gasteiger partial charge in [0.25, 0.3) is 5.69 Å². The fraction of sp³-hybridized carbons (Fsp3) is 0.200. The topological polar surface area (TPSA) is 115 Å². The van der Waals surface area contributed by atoms with Crippen molar-refractivity contribution in [1.82, 2.24) is 4.98 Å². The van der Waals surface area contributed by atoms with E-state index < -0.39 is 16.6 Å². The summed E-state index contributed by atoms with van der Waals surface area (Å²) < 4.78 is 6.20. The lowest BCUT2D eigenvalue weighted by atomic mass is 9.98. The van der Waals surface area contributed by atoms with E-state index >= 15 is 0 Å². The van der Waals surface area contributed by atoms with Crippen molar-refractivity contribution < 1.29 is 19.6 Å². The minimum absolute atomic E-state index is 0.0271. The number of hydrogen-bond donors (Lipinski definition) is 2. The molecular formula is C20H19N3O5. The Morgan fingerprint density at radius 1 is 1.21 bits per heavy atom. The Morgan fingerprint density at radius 2 is 1.93 bits per heavy atom. The van der Waals surface area contributed by atoms with Crippen molar-refractivity contribution in [1.29, 1.82) is 0 Å². The number of pyridine rings is 1. The zero-order valence-electron chi connectivity index (χ0n) is 15.4. The number of hydrogen-bond acceptors (Lipinski definition) is 5. The number of nitrogens with zero attached hydrogens (tertiary/aromatic N) is 2. The number of carboxylic acid groups (broad SMARTS) is 1. The van der Waals surface area contributed by atoms with E-state index in [-0.39, 0.29) is 11.5 Å². The number of fused-ring (bicyclic) bond motifs is 1. The summed E-state index contributed by atoms with van der Waals surface area (Å²) in [6.45, 7) is 3.79. The Kier molecular flexibility index (Phi) is 5.12. The van der Waals surface area contributed by atoms with E-state index in [0.29, 0.717) is 22.9 Å². The quantitative estimate of drug-likeness (QED) is 0.475. The molecule has 0 fully saturated rings. The molecule has 0 radical (unpaired) electrons. The number of amides is 1. The molecule has 8 heteroatoms. The third-order valence-corrected chi connectivity index (χ3v) is 4.13. The minimum Gasteiger partial charge on any atom is -0.487 e. The van der Waals surface area contributed by atoms with E-state index in [2.05, 4.69) is 10.3 Å². The molecule has 0 spiro atoms. The van der Waals surface area contributed by atoms with Gasteiger partial charge in [-0.05, 0) is 43.7 Å². The lowest BCUT2D eigenvalue weighted by Crippen LogP contribution is -2.31. The number of ether oxygens (including phenoxy) is 1. The van der Waals surface area contributed by atoms with Crippen molar-refractivity contribution in [2.24, 2.45) is 0 Å². The van der Waals surface area contributed by atoms with Crippen molar-refractivity contribution in [3.05, 3.63) is 70.4 Å². The summed E-state index contributed by atoms with van der Waals surface area (Å²) in [5.41, 5.74) is 0.218. The van der Waals surface area contributed by atoms with Gasteiger partial charge in [-0.2, -0.15) is 0 Å². The zero-order chi connectivity index (χ0) is 20.3. The van der Waals surface area contributed by atoms with Crippen LogP contribution in [0.3, 0.4) is 0 Å². The molecule has 1 amide bonds. The van der Waals surface area contributed by atoms with Gasteiger partial charge in [0.05, 0.1) is 10.3 Å². The number of aromatic nitrogens is 1. The molecule has 2 aromatic carbocycles. The van der Waals surface area contributed by atoms with Gasteiger partial charge in [0.2, 0.25) is 0 Å². The van der Waals surface area contributed by atoms with E-state index in [1.807, 2.05) is 13.8 Å². The maximum absolute atomic E-state index is 11.3. The van der Waals surface area contributed by atoms with E-state index in [1.54, 1.807) is 42.5 Å². The zero-order valence-corrected chi connectivity index (χ0v) is 15.4. The molecule has 2 N–H and O–H groups in total. The molecule has 0 bridgehead atoms. The molecule has 3 rings (SSSR count). The normalized spacial score (nSPS) is 11.2. The Labute approximate surface area is 160 Å². The van der Waals surface area contributed by atoms with Crippen LogP contribution in [0.25, 0.3) is 10.8 Å². The van der Waals surface area contributed by atoms with Gasteiger partial charge in [-0.3, -0.25) is 15.4 Å². The largest absolute Gasteiger partial charge is 0.487 e. The van der Waals surface area contributed by atoms with E-state index in [9.17, 15) is 14.9 Å². The Balaban J connectivity index is 1.88. The van der Waals surface area contributed by atoms with Gasteiger partial charge in [-0.1, -0.05) is 18.2 Å². The molecule has 0 unspecified atom stereocenters. The average molecular weight is 381 g/mol. The van der Waals surface area contributed by atoms with Crippen LogP contribution in [0, 0.1) is 10.1 Å². The maximum atomic E-state index is 11.3. The number of rotatable bonds is 6. The van der Waals surface area contributed by atoms with E-state index in [4.69, 9.17) is 9.84 Å². The molecule has 0 aliphatic rings. The lowest BCUT2D eigenvalue weighted by Gasteiger charge is -2.27. The number of nitro groups is 1. The number of anilines is 1. The third-order valence-electron chi connectivity index (χ3n) is 4.13. The van der Waals surface area contributed by atoms with Crippen molar-refractivity contribution in [2.45, 2.75) is 25.9 Å². The van der Waals surface area contributed by atoms with Crippen LogP contribution in [0.5, 0.6) is 5.75 Å². The molecule has 0 aliphatic heterocycles. The minimum atomic E-state index is -1.18. The van der Waals surface area contributed by atoms with E-state index in [0.717, 1.165) is 5.56 Å². The van der Waals surface area contributed by atoms with Crippen LogP contribution >= 0.6 is 0 Å². The molecule has 144 valence electrons. The number of nitrogens with one attached hydrogen (secondary N) is 1. The van der Waals surface area contributed by atoms with Crippen molar-refractivity contribution >= 4 is 28.4 Å². The molecule has 8 nitrogen and oxygen atoms in total. The highest BCUT2D eigenvalue weighted by atomic mass is 16.6. The Bertz CT molecular complexity index is 1050. The molecule has 3 aromatic rings. The second kappa shape index (κ2) is 7.51. The van der Waals surface area contributed by atoms with Crippen LogP contribution in [0.1, 0.15) is 19.4 Å². The fourth-order valence-corrected chi connectivity index (χ4v) is 3.09. The number of nitro benzene ring substituents is 1. The monoisotopic (exact) mass is 381 g/mol. The second-order valence-corrected chi connectivity index (χ2v) is 6.90. The summed E-state index contributed by atoms with van der Waals surface area (Å²) in [5.74, 6) is 0.783. The molecule has 1 aromatic heterocycles. The first-order chi connectivity index (χ1) is 13.2. The standard InChI is InChI=1S/C20H19N3O5/c1-20(2,12-13-9-10-21-18(11-13)22-19(24)25)28-17-8-7-16(23(26)27)14-5-3-4-6-15(14)17/h3-11H,12H2,1-2H3,(H,21,22)(H,24,25). The summed E-state index contributed by atoms with van der Waals surface area (Å²) in [6.07, 6.45) is 0.824. The summed E-state index contributed by atoms with van der Waals surface area (Å²) in [7, 11) is 0. The van der Waals surface area contributed by atoms with Gasteiger partial charge in [-0.15, -0.1) is 0 Å². The van der Waals surface area contributed by atoms with Crippen LogP contribution in [0.15, 0.2) is 54.7 Å². The molecule has 28 heavy (non-hydrogen) atoms. The molecular weight excluding hydrogens is 362 g/mol. The number of carbonyl (C=O) groups is 1. The molecule has 0 aliphatic carbocycles. The molecule has 0 saturated carbocycles. The van der Waals surface area contributed by atoms with Gasteiger partial charge in [-0.25, -0.2) is 9.78 Å².